The third-order valence-electron chi connectivity index (χ3n) is 6.98. The van der Waals surface area contributed by atoms with Gasteiger partial charge in [0.25, 0.3) is 5.91 Å². The van der Waals surface area contributed by atoms with Crippen molar-refractivity contribution in [1.29, 1.82) is 0 Å². The average Bonchev–Trinajstić information content (AvgIpc) is 3.72. The summed E-state index contributed by atoms with van der Waals surface area (Å²) < 4.78 is 26.4. The lowest BCUT2D eigenvalue weighted by atomic mass is 9.97. The van der Waals surface area contributed by atoms with Crippen LogP contribution in [0.4, 0.5) is 4.39 Å². The van der Waals surface area contributed by atoms with E-state index < -0.39 is 0 Å². The van der Waals surface area contributed by atoms with E-state index in [4.69, 9.17) is 9.15 Å². The molecule has 0 radical (unpaired) electrons. The molecule has 0 saturated heterocycles. The summed E-state index contributed by atoms with van der Waals surface area (Å²) in [6, 6.07) is 23.6. The maximum absolute atomic E-state index is 13.4. The molecule has 9 heteroatoms. The van der Waals surface area contributed by atoms with E-state index in [-0.39, 0.29) is 18.3 Å². The van der Waals surface area contributed by atoms with Gasteiger partial charge < -0.3 is 14.5 Å². The lowest BCUT2D eigenvalue weighted by Crippen LogP contribution is -2.23. The molecular formula is C30H20FN5O3. The fourth-order valence-corrected chi connectivity index (χ4v) is 5.04. The highest BCUT2D eigenvalue weighted by atomic mass is 19.1. The molecular weight excluding hydrogens is 497 g/mol. The first kappa shape index (κ1) is 22.9. The van der Waals surface area contributed by atoms with Crippen LogP contribution in [0.1, 0.15) is 15.9 Å². The van der Waals surface area contributed by atoms with Crippen molar-refractivity contribution in [2.45, 2.75) is 6.54 Å². The normalized spacial score (nSPS) is 11.5. The molecule has 1 N–H and O–H groups in total. The molecule has 3 heterocycles. The number of fused-ring (bicyclic) bond motifs is 8. The molecule has 0 spiro atoms. The number of ether oxygens (including phenoxy) is 1. The van der Waals surface area contributed by atoms with Gasteiger partial charge in [-0.15, -0.1) is 5.10 Å². The zero-order valence-electron chi connectivity index (χ0n) is 20.7. The molecule has 0 aliphatic carbocycles. The van der Waals surface area contributed by atoms with Crippen LogP contribution < -0.4 is 10.1 Å². The van der Waals surface area contributed by atoms with Gasteiger partial charge in [-0.3, -0.25) is 4.79 Å². The summed E-state index contributed by atoms with van der Waals surface area (Å²) in [6.45, 7) is 0.252. The van der Waals surface area contributed by atoms with E-state index >= 15 is 0 Å². The number of furan rings is 2. The highest BCUT2D eigenvalue weighted by molar-refractivity contribution is 6.26. The molecule has 8 nitrogen and oxygen atoms in total. The van der Waals surface area contributed by atoms with Crippen LogP contribution in [0.25, 0.3) is 49.5 Å². The van der Waals surface area contributed by atoms with Gasteiger partial charge >= 0.3 is 0 Å². The molecule has 4 aromatic carbocycles. The van der Waals surface area contributed by atoms with Gasteiger partial charge in [0.1, 0.15) is 29.1 Å². The first-order valence-electron chi connectivity index (χ1n) is 12.2. The second-order valence-electron chi connectivity index (χ2n) is 9.22. The number of amides is 1. The topological polar surface area (TPSA) is 95.1 Å². The van der Waals surface area contributed by atoms with Crippen molar-refractivity contribution in [2.75, 3.05) is 7.11 Å². The molecule has 0 atom stereocenters. The van der Waals surface area contributed by atoms with Gasteiger partial charge in [0.15, 0.2) is 0 Å². The smallest absolute Gasteiger partial charge is 0.251 e. The van der Waals surface area contributed by atoms with E-state index in [9.17, 15) is 9.18 Å². The maximum atomic E-state index is 13.4. The number of benzene rings is 5. The molecule has 39 heavy (non-hydrogen) atoms. The number of hydrogen-bond acceptors (Lipinski definition) is 6. The van der Waals surface area contributed by atoms with Crippen LogP contribution in [0.2, 0.25) is 0 Å². The Bertz CT molecular complexity index is 1980. The average molecular weight is 518 g/mol. The summed E-state index contributed by atoms with van der Waals surface area (Å²) in [7, 11) is 1.59. The number of carbonyl (C=O) groups excluding carboxylic acids is 1. The fourth-order valence-electron chi connectivity index (χ4n) is 5.04. The van der Waals surface area contributed by atoms with Gasteiger partial charge in [0, 0.05) is 39.2 Å². The lowest BCUT2D eigenvalue weighted by Gasteiger charge is -2.12. The molecule has 0 fully saturated rings. The Kier molecular flexibility index (Phi) is 5.22. The van der Waals surface area contributed by atoms with E-state index in [1.807, 2.05) is 42.5 Å². The number of rotatable bonds is 6. The molecule has 3 aromatic heterocycles. The molecule has 0 aliphatic rings. The highest BCUT2D eigenvalue weighted by Crippen LogP contribution is 2.42. The number of aromatic nitrogens is 4. The van der Waals surface area contributed by atoms with E-state index in [2.05, 4.69) is 26.9 Å². The molecule has 190 valence electrons. The van der Waals surface area contributed by atoms with Gasteiger partial charge in [-0.1, -0.05) is 18.2 Å². The third-order valence-corrected chi connectivity index (χ3v) is 6.98. The zero-order chi connectivity index (χ0) is 26.5. The minimum absolute atomic E-state index is 0.219. The Balaban J connectivity index is 1.19. The monoisotopic (exact) mass is 517 g/mol. The number of tetrazole rings is 1. The summed E-state index contributed by atoms with van der Waals surface area (Å²) in [5.74, 6) is 0.178. The molecule has 2 bridgehead atoms. The van der Waals surface area contributed by atoms with Gasteiger partial charge in [-0.2, -0.15) is 0 Å². The Labute approximate surface area is 220 Å². The molecule has 0 aliphatic heterocycles. The second-order valence-corrected chi connectivity index (χ2v) is 9.22. The Morgan fingerprint density at radius 3 is 2.38 bits per heavy atom. The summed E-state index contributed by atoms with van der Waals surface area (Å²) in [5, 5.41) is 18.1. The van der Waals surface area contributed by atoms with Crippen molar-refractivity contribution in [3.8, 4) is 22.6 Å². The Morgan fingerprint density at radius 2 is 1.64 bits per heavy atom. The van der Waals surface area contributed by atoms with Crippen molar-refractivity contribution < 1.29 is 18.3 Å². The predicted molar refractivity (Wildman–Crippen MR) is 145 cm³/mol. The number of halogens is 1. The number of methoxy groups -OCH3 is 1. The van der Waals surface area contributed by atoms with Crippen molar-refractivity contribution in [2.24, 2.45) is 0 Å². The van der Waals surface area contributed by atoms with E-state index in [0.29, 0.717) is 11.3 Å². The molecule has 1 amide bonds. The third kappa shape index (κ3) is 3.83. The minimum Gasteiger partial charge on any atom is -0.497 e. The van der Waals surface area contributed by atoms with Crippen molar-refractivity contribution in [3.05, 3.63) is 102 Å². The Hall–Kier alpha value is -5.31. The summed E-state index contributed by atoms with van der Waals surface area (Å²) in [6.07, 6.45) is 1.50. The molecule has 0 unspecified atom stereocenters. The molecule has 7 aromatic rings. The van der Waals surface area contributed by atoms with Gasteiger partial charge in [-0.05, 0) is 82.2 Å². The van der Waals surface area contributed by atoms with Crippen LogP contribution in [0, 0.1) is 5.82 Å². The Morgan fingerprint density at radius 1 is 0.897 bits per heavy atom. The first-order chi connectivity index (χ1) is 19.1. The summed E-state index contributed by atoms with van der Waals surface area (Å²) in [5.41, 5.74) is 5.48. The maximum Gasteiger partial charge on any atom is 0.251 e. The number of carbonyl (C=O) groups is 1. The van der Waals surface area contributed by atoms with Gasteiger partial charge in [0.2, 0.25) is 0 Å². The fraction of sp³-hybridized carbons (Fsp3) is 0.0667. The number of nitrogens with zero attached hydrogens (tertiary/aromatic N) is 4. The number of hydrogen-bond donors (Lipinski definition) is 1. The molecule has 0 saturated carbocycles. The summed E-state index contributed by atoms with van der Waals surface area (Å²) >= 11 is 0. The van der Waals surface area contributed by atoms with E-state index in [1.165, 1.54) is 23.1 Å². The first-order valence-corrected chi connectivity index (χ1v) is 12.2. The van der Waals surface area contributed by atoms with E-state index in [1.54, 1.807) is 25.3 Å². The largest absolute Gasteiger partial charge is 0.497 e. The van der Waals surface area contributed by atoms with Gasteiger partial charge in [0.05, 0.1) is 12.8 Å². The lowest BCUT2D eigenvalue weighted by molar-refractivity contribution is 0.0951. The number of nitrogens with one attached hydrogen (secondary N) is 1. The SMILES string of the molecule is COc1ccc(-n2cnnn2)c(CNC(=O)c2ccc3c(c2)c2oc3c3cc(-c4ccc(F)cc4)ccc32)c1. The quantitative estimate of drug-likeness (QED) is 0.276. The predicted octanol–water partition coefficient (Wildman–Crippen LogP) is 5.90. The van der Waals surface area contributed by atoms with Crippen LogP contribution in [-0.2, 0) is 6.54 Å². The second kappa shape index (κ2) is 8.91. The van der Waals surface area contributed by atoms with Crippen LogP contribution in [0.15, 0.2) is 89.6 Å². The van der Waals surface area contributed by atoms with Crippen molar-refractivity contribution in [3.63, 3.8) is 0 Å². The van der Waals surface area contributed by atoms with Crippen LogP contribution >= 0.6 is 0 Å². The summed E-state index contributed by atoms with van der Waals surface area (Å²) in [4.78, 5) is 13.2. The van der Waals surface area contributed by atoms with Crippen molar-refractivity contribution in [1.82, 2.24) is 25.5 Å². The zero-order valence-corrected chi connectivity index (χ0v) is 20.7. The molecule has 7 rings (SSSR count). The van der Waals surface area contributed by atoms with Crippen LogP contribution in [0.5, 0.6) is 5.75 Å². The highest BCUT2D eigenvalue weighted by Gasteiger charge is 2.20. The van der Waals surface area contributed by atoms with Crippen LogP contribution in [-0.4, -0.2) is 33.2 Å². The van der Waals surface area contributed by atoms with E-state index in [0.717, 1.165) is 55.1 Å². The van der Waals surface area contributed by atoms with Crippen LogP contribution in [0.3, 0.4) is 0 Å². The minimum atomic E-state index is -0.266. The van der Waals surface area contributed by atoms with Crippen molar-refractivity contribution >= 4 is 38.6 Å². The standard InChI is InChI=1S/C30H20FN5O3/c1-38-22-8-11-27(36-16-33-34-35-36)20(12-22)15-32-30(37)19-5-10-24-26(14-19)29-23-9-4-18(13-25(23)28(24)39-29)17-2-6-21(31)7-3-17/h2-14,16H,15H2,1H3,(H,32,37). The van der Waals surface area contributed by atoms with Gasteiger partial charge in [-0.25, -0.2) is 9.07 Å².